The van der Waals surface area contributed by atoms with Gasteiger partial charge >= 0.3 is 0 Å². The van der Waals surface area contributed by atoms with E-state index in [2.05, 4.69) is 4.98 Å². The van der Waals surface area contributed by atoms with Crippen molar-refractivity contribution in [1.82, 2.24) is 13.9 Å². The maximum Gasteiger partial charge on any atom is 0.243 e. The summed E-state index contributed by atoms with van der Waals surface area (Å²) in [6, 6.07) is 8.38. The van der Waals surface area contributed by atoms with E-state index in [9.17, 15) is 8.42 Å². The summed E-state index contributed by atoms with van der Waals surface area (Å²) < 4.78 is 27.6. The molecule has 0 aliphatic heterocycles. The van der Waals surface area contributed by atoms with Crippen LogP contribution < -0.4 is 0 Å². The number of benzene rings is 1. The summed E-state index contributed by atoms with van der Waals surface area (Å²) in [7, 11) is -0.0606. The monoisotopic (exact) mass is 265 g/mol. The third kappa shape index (κ3) is 2.44. The molecule has 0 aliphatic rings. The van der Waals surface area contributed by atoms with Gasteiger partial charge < -0.3 is 4.57 Å². The van der Waals surface area contributed by atoms with E-state index >= 15 is 0 Å². The Balaban J connectivity index is 2.24. The van der Waals surface area contributed by atoms with Crippen LogP contribution >= 0.6 is 0 Å². The third-order valence-corrected chi connectivity index (χ3v) is 4.55. The molecule has 0 fully saturated rings. The molecule has 5 nitrogen and oxygen atoms in total. The van der Waals surface area contributed by atoms with Crippen LogP contribution in [0.4, 0.5) is 0 Å². The van der Waals surface area contributed by atoms with Gasteiger partial charge in [-0.15, -0.1) is 0 Å². The fourth-order valence-electron chi connectivity index (χ4n) is 1.61. The van der Waals surface area contributed by atoms with E-state index in [0.717, 1.165) is 0 Å². The molecule has 0 unspecified atom stereocenters. The quantitative estimate of drug-likeness (QED) is 0.835. The summed E-state index contributed by atoms with van der Waals surface area (Å²) in [5.41, 5.74) is 0. The molecule has 1 aromatic heterocycles. The summed E-state index contributed by atoms with van der Waals surface area (Å²) >= 11 is 0. The number of hydrogen-bond donors (Lipinski definition) is 0. The standard InChI is InChI=1S/C12H15N3O2S/c1-14-9-8-13-12(14)10-15(2)18(16,17)11-6-4-3-5-7-11/h3-9H,10H2,1-2H3. The fourth-order valence-corrected chi connectivity index (χ4v) is 2.75. The zero-order chi connectivity index (χ0) is 13.2. The lowest BCUT2D eigenvalue weighted by molar-refractivity contribution is 0.451. The predicted molar refractivity (Wildman–Crippen MR) is 68.3 cm³/mol. The second-order valence-corrected chi connectivity index (χ2v) is 6.07. The van der Waals surface area contributed by atoms with Gasteiger partial charge in [0.15, 0.2) is 0 Å². The van der Waals surface area contributed by atoms with E-state index in [0.29, 0.717) is 10.7 Å². The van der Waals surface area contributed by atoms with Crippen LogP contribution in [0.2, 0.25) is 0 Å². The van der Waals surface area contributed by atoms with Crippen molar-refractivity contribution in [2.24, 2.45) is 7.05 Å². The van der Waals surface area contributed by atoms with E-state index in [1.54, 1.807) is 54.3 Å². The van der Waals surface area contributed by atoms with Crippen LogP contribution in [0.1, 0.15) is 5.82 Å². The van der Waals surface area contributed by atoms with Crippen molar-refractivity contribution in [1.29, 1.82) is 0 Å². The highest BCUT2D eigenvalue weighted by Gasteiger charge is 2.21. The van der Waals surface area contributed by atoms with E-state index in [1.807, 2.05) is 7.05 Å². The van der Waals surface area contributed by atoms with Crippen molar-refractivity contribution in [3.8, 4) is 0 Å². The Morgan fingerprint density at radius 3 is 2.50 bits per heavy atom. The molecule has 1 heterocycles. The Labute approximate surface area is 107 Å². The Hall–Kier alpha value is -1.66. The molecule has 0 atom stereocenters. The molecular formula is C12H15N3O2S. The summed E-state index contributed by atoms with van der Waals surface area (Å²) in [5.74, 6) is 0.706. The highest BCUT2D eigenvalue weighted by molar-refractivity contribution is 7.89. The lowest BCUT2D eigenvalue weighted by atomic mass is 10.4. The first-order valence-electron chi connectivity index (χ1n) is 5.49. The molecule has 0 saturated carbocycles. The maximum atomic E-state index is 12.3. The number of aromatic nitrogens is 2. The average Bonchev–Trinajstić information content (AvgIpc) is 2.76. The molecular weight excluding hydrogens is 250 g/mol. The van der Waals surface area contributed by atoms with Crippen LogP contribution in [0, 0.1) is 0 Å². The normalized spacial score (nSPS) is 11.9. The zero-order valence-electron chi connectivity index (χ0n) is 10.3. The first-order chi connectivity index (χ1) is 8.51. The molecule has 18 heavy (non-hydrogen) atoms. The van der Waals surface area contributed by atoms with Crippen molar-refractivity contribution in [2.75, 3.05) is 7.05 Å². The molecule has 2 aromatic rings. The molecule has 0 spiro atoms. The maximum absolute atomic E-state index is 12.3. The Morgan fingerprint density at radius 2 is 1.94 bits per heavy atom. The van der Waals surface area contributed by atoms with Crippen molar-refractivity contribution in [2.45, 2.75) is 11.4 Å². The Kier molecular flexibility index (Phi) is 3.49. The molecule has 0 amide bonds. The molecule has 0 aliphatic carbocycles. The molecule has 0 N–H and O–H groups in total. The van der Waals surface area contributed by atoms with Crippen molar-refractivity contribution < 1.29 is 8.42 Å². The topological polar surface area (TPSA) is 55.2 Å². The minimum atomic E-state index is -3.45. The molecule has 0 bridgehead atoms. The van der Waals surface area contributed by atoms with Crippen molar-refractivity contribution in [3.63, 3.8) is 0 Å². The number of aryl methyl sites for hydroxylation is 1. The first kappa shape index (κ1) is 12.8. The smallest absolute Gasteiger partial charge is 0.243 e. The van der Waals surface area contributed by atoms with Gasteiger partial charge in [0.1, 0.15) is 5.82 Å². The van der Waals surface area contributed by atoms with Crippen LogP contribution in [0.3, 0.4) is 0 Å². The van der Waals surface area contributed by atoms with Gasteiger partial charge in [-0.05, 0) is 12.1 Å². The molecule has 96 valence electrons. The summed E-state index contributed by atoms with van der Waals surface area (Å²) in [6.07, 6.45) is 3.44. The number of rotatable bonds is 4. The second-order valence-electron chi connectivity index (χ2n) is 4.03. The summed E-state index contributed by atoms with van der Waals surface area (Å²) in [5, 5.41) is 0. The van der Waals surface area contributed by atoms with Crippen LogP contribution in [0.25, 0.3) is 0 Å². The lowest BCUT2D eigenvalue weighted by Crippen LogP contribution is -2.27. The van der Waals surface area contributed by atoms with Gasteiger partial charge in [-0.2, -0.15) is 4.31 Å². The van der Waals surface area contributed by atoms with Crippen molar-refractivity contribution in [3.05, 3.63) is 48.5 Å². The van der Waals surface area contributed by atoms with Gasteiger partial charge in [-0.3, -0.25) is 0 Å². The molecule has 0 saturated heterocycles. The number of hydrogen-bond acceptors (Lipinski definition) is 3. The second kappa shape index (κ2) is 4.91. The minimum absolute atomic E-state index is 0.251. The van der Waals surface area contributed by atoms with E-state index in [-0.39, 0.29) is 6.54 Å². The SMILES string of the molecule is CN(Cc1nccn1C)S(=O)(=O)c1ccccc1. The zero-order valence-corrected chi connectivity index (χ0v) is 11.1. The van der Waals surface area contributed by atoms with E-state index in [4.69, 9.17) is 0 Å². The van der Waals surface area contributed by atoms with Gasteiger partial charge in [0.25, 0.3) is 0 Å². The Morgan fingerprint density at radius 1 is 1.28 bits per heavy atom. The number of nitrogens with zero attached hydrogens (tertiary/aromatic N) is 3. The number of sulfonamides is 1. The molecule has 2 rings (SSSR count). The van der Waals surface area contributed by atoms with Gasteiger partial charge in [-0.1, -0.05) is 18.2 Å². The van der Waals surface area contributed by atoms with Crippen LogP contribution in [0.15, 0.2) is 47.6 Å². The van der Waals surface area contributed by atoms with Gasteiger partial charge in [0, 0.05) is 26.5 Å². The van der Waals surface area contributed by atoms with Gasteiger partial charge in [-0.25, -0.2) is 13.4 Å². The minimum Gasteiger partial charge on any atom is -0.337 e. The van der Waals surface area contributed by atoms with Gasteiger partial charge in [0.05, 0.1) is 11.4 Å². The molecule has 0 radical (unpaired) electrons. The predicted octanol–water partition coefficient (Wildman–Crippen LogP) is 1.24. The highest BCUT2D eigenvalue weighted by atomic mass is 32.2. The average molecular weight is 265 g/mol. The van der Waals surface area contributed by atoms with Crippen LogP contribution in [-0.2, 0) is 23.6 Å². The van der Waals surface area contributed by atoms with Crippen molar-refractivity contribution >= 4 is 10.0 Å². The van der Waals surface area contributed by atoms with E-state index in [1.165, 1.54) is 4.31 Å². The van der Waals surface area contributed by atoms with Gasteiger partial charge in [0.2, 0.25) is 10.0 Å². The Bertz CT molecular complexity index is 620. The molecule has 1 aromatic carbocycles. The van der Waals surface area contributed by atoms with Crippen LogP contribution in [-0.4, -0.2) is 29.3 Å². The summed E-state index contributed by atoms with van der Waals surface area (Å²) in [6.45, 7) is 0.251. The third-order valence-electron chi connectivity index (χ3n) is 2.74. The largest absolute Gasteiger partial charge is 0.337 e. The molecule has 6 heteroatoms. The van der Waals surface area contributed by atoms with E-state index < -0.39 is 10.0 Å². The lowest BCUT2D eigenvalue weighted by Gasteiger charge is -2.16. The fraction of sp³-hybridized carbons (Fsp3) is 0.250. The van der Waals surface area contributed by atoms with Crippen LogP contribution in [0.5, 0.6) is 0 Å². The highest BCUT2D eigenvalue weighted by Crippen LogP contribution is 2.15. The summed E-state index contributed by atoms with van der Waals surface area (Å²) in [4.78, 5) is 4.41. The first-order valence-corrected chi connectivity index (χ1v) is 6.93. The number of imidazole rings is 1.